The van der Waals surface area contributed by atoms with Gasteiger partial charge in [-0.2, -0.15) is 0 Å². The topological polar surface area (TPSA) is 29.1 Å². The maximum absolute atomic E-state index is 13.3. The van der Waals surface area contributed by atoms with Gasteiger partial charge in [0.25, 0.3) is 0 Å². The van der Waals surface area contributed by atoms with Gasteiger partial charge in [-0.1, -0.05) is 0 Å². The number of anilines is 1. The molecule has 104 valence electrons. The minimum atomic E-state index is -1.61. The molecule has 2 nitrogen and oxygen atoms in total. The van der Waals surface area contributed by atoms with Crippen LogP contribution in [0.5, 0.6) is 0 Å². The number of carbonyl (C=O) groups is 1. The van der Waals surface area contributed by atoms with Crippen molar-refractivity contribution < 1.29 is 18.0 Å². The predicted molar refractivity (Wildman–Crippen MR) is 73.0 cm³/mol. The minimum absolute atomic E-state index is 0.401. The molecule has 0 saturated heterocycles. The average molecular weight is 297 g/mol. The molecule has 2 rings (SSSR count). The molecule has 1 N–H and O–H groups in total. The molecule has 0 aliphatic heterocycles. The zero-order valence-electron chi connectivity index (χ0n) is 10.4. The maximum atomic E-state index is 13.3. The fraction of sp³-hybridized carbons (Fsp3) is 0.0714. The van der Waals surface area contributed by atoms with Crippen LogP contribution in [-0.4, -0.2) is 5.91 Å². The van der Waals surface area contributed by atoms with Crippen LogP contribution in [0.1, 0.15) is 10.4 Å². The lowest BCUT2D eigenvalue weighted by Crippen LogP contribution is -2.10. The van der Waals surface area contributed by atoms with Gasteiger partial charge in [-0.15, -0.1) is 11.3 Å². The Balaban J connectivity index is 2.11. The highest BCUT2D eigenvalue weighted by Crippen LogP contribution is 2.20. The number of nitrogens with one attached hydrogen (secondary N) is 1. The van der Waals surface area contributed by atoms with E-state index in [0.717, 1.165) is 22.6 Å². The van der Waals surface area contributed by atoms with E-state index in [1.165, 1.54) is 17.4 Å². The molecule has 1 heterocycles. The summed E-state index contributed by atoms with van der Waals surface area (Å²) in [5.74, 6) is -4.95. The smallest absolute Gasteiger partial charge is 0.248 e. The van der Waals surface area contributed by atoms with Crippen molar-refractivity contribution >= 4 is 29.0 Å². The molecule has 0 bridgehead atoms. The number of hydrogen-bond donors (Lipinski definition) is 1. The van der Waals surface area contributed by atoms with Crippen molar-refractivity contribution in [1.82, 2.24) is 0 Å². The summed E-state index contributed by atoms with van der Waals surface area (Å²) in [5, 5.41) is 4.03. The third-order valence-electron chi connectivity index (χ3n) is 2.58. The summed E-state index contributed by atoms with van der Waals surface area (Å²) in [7, 11) is 0. The summed E-state index contributed by atoms with van der Waals surface area (Å²) in [6.07, 6.45) is 2.78. The van der Waals surface area contributed by atoms with Crippen LogP contribution < -0.4 is 5.32 Å². The number of thiophene rings is 1. The van der Waals surface area contributed by atoms with Crippen LogP contribution in [-0.2, 0) is 4.79 Å². The number of benzene rings is 1. The number of rotatable bonds is 3. The van der Waals surface area contributed by atoms with Gasteiger partial charge in [-0.05, 0) is 42.1 Å². The predicted octanol–water partition coefficient (Wildman–Crippen LogP) is 4.13. The van der Waals surface area contributed by atoms with E-state index >= 15 is 0 Å². The van der Waals surface area contributed by atoms with Crippen LogP contribution in [0.25, 0.3) is 6.08 Å². The van der Waals surface area contributed by atoms with Crippen molar-refractivity contribution in [1.29, 1.82) is 0 Å². The monoisotopic (exact) mass is 297 g/mol. The molecule has 0 atom stereocenters. The molecule has 0 spiro atoms. The van der Waals surface area contributed by atoms with Gasteiger partial charge in [0.05, 0.1) is 5.69 Å². The summed E-state index contributed by atoms with van der Waals surface area (Å²) in [4.78, 5) is 12.5. The number of hydrogen-bond acceptors (Lipinski definition) is 2. The first kappa shape index (κ1) is 14.3. The Morgan fingerprint density at radius 3 is 2.60 bits per heavy atom. The van der Waals surface area contributed by atoms with Gasteiger partial charge in [0.1, 0.15) is 0 Å². The van der Waals surface area contributed by atoms with E-state index in [0.29, 0.717) is 0 Å². The molecule has 20 heavy (non-hydrogen) atoms. The molecule has 0 aliphatic carbocycles. The van der Waals surface area contributed by atoms with Crippen molar-refractivity contribution in [2.75, 3.05) is 5.32 Å². The Labute approximate surface area is 117 Å². The van der Waals surface area contributed by atoms with Crippen molar-refractivity contribution in [3.05, 3.63) is 57.5 Å². The Hall–Kier alpha value is -2.08. The largest absolute Gasteiger partial charge is 0.320 e. The van der Waals surface area contributed by atoms with Gasteiger partial charge in [-0.25, -0.2) is 13.2 Å². The molecule has 0 unspecified atom stereocenters. The molecular weight excluding hydrogens is 287 g/mol. The third kappa shape index (κ3) is 3.08. The van der Waals surface area contributed by atoms with E-state index < -0.39 is 29.0 Å². The van der Waals surface area contributed by atoms with Crippen molar-refractivity contribution in [2.45, 2.75) is 6.92 Å². The van der Waals surface area contributed by atoms with Crippen LogP contribution in [0.2, 0.25) is 0 Å². The van der Waals surface area contributed by atoms with E-state index in [2.05, 4.69) is 5.32 Å². The minimum Gasteiger partial charge on any atom is -0.320 e. The molecule has 1 aromatic carbocycles. The van der Waals surface area contributed by atoms with E-state index in [1.807, 2.05) is 18.4 Å². The molecule has 1 amide bonds. The van der Waals surface area contributed by atoms with Gasteiger partial charge in [-0.3, -0.25) is 4.79 Å². The Morgan fingerprint density at radius 1 is 1.20 bits per heavy atom. The van der Waals surface area contributed by atoms with Crippen LogP contribution >= 0.6 is 11.3 Å². The van der Waals surface area contributed by atoms with Crippen LogP contribution in [0.15, 0.2) is 29.7 Å². The molecule has 1 aromatic heterocycles. The second-order valence-electron chi connectivity index (χ2n) is 4.01. The van der Waals surface area contributed by atoms with E-state index in [4.69, 9.17) is 0 Å². The van der Waals surface area contributed by atoms with Crippen molar-refractivity contribution in [3.63, 3.8) is 0 Å². The lowest BCUT2D eigenvalue weighted by atomic mass is 10.2. The molecular formula is C14H10F3NOS. The summed E-state index contributed by atoms with van der Waals surface area (Å²) in [6.45, 7) is 1.89. The highest BCUT2D eigenvalue weighted by molar-refractivity contribution is 7.11. The van der Waals surface area contributed by atoms with E-state index in [1.54, 1.807) is 6.08 Å². The van der Waals surface area contributed by atoms with Gasteiger partial charge in [0, 0.05) is 11.0 Å². The fourth-order valence-corrected chi connectivity index (χ4v) is 2.32. The molecule has 6 heteroatoms. The van der Waals surface area contributed by atoms with Crippen LogP contribution in [0.4, 0.5) is 18.9 Å². The van der Waals surface area contributed by atoms with Gasteiger partial charge in [0.2, 0.25) is 5.91 Å². The molecule has 0 saturated carbocycles. The zero-order chi connectivity index (χ0) is 14.7. The average Bonchev–Trinajstić information content (AvgIpc) is 2.83. The Morgan fingerprint density at radius 2 is 1.95 bits per heavy atom. The van der Waals surface area contributed by atoms with Gasteiger partial charge >= 0.3 is 0 Å². The summed E-state index contributed by atoms with van der Waals surface area (Å²) < 4.78 is 39.1. The first-order valence-corrected chi connectivity index (χ1v) is 6.53. The zero-order valence-corrected chi connectivity index (χ0v) is 11.2. The summed E-state index contributed by atoms with van der Waals surface area (Å²) >= 11 is 1.45. The van der Waals surface area contributed by atoms with Crippen LogP contribution in [0, 0.1) is 24.4 Å². The summed E-state index contributed by atoms with van der Waals surface area (Å²) in [5.41, 5.74) is 0.611. The lowest BCUT2D eigenvalue weighted by molar-refractivity contribution is -0.111. The second-order valence-corrected chi connectivity index (χ2v) is 4.96. The quantitative estimate of drug-likeness (QED) is 0.670. The van der Waals surface area contributed by atoms with E-state index in [-0.39, 0.29) is 0 Å². The number of aryl methyl sites for hydroxylation is 1. The molecule has 0 radical (unpaired) electrons. The molecule has 0 fully saturated rings. The maximum Gasteiger partial charge on any atom is 0.248 e. The van der Waals surface area contributed by atoms with E-state index in [9.17, 15) is 18.0 Å². The fourth-order valence-electron chi connectivity index (χ4n) is 1.50. The normalized spacial score (nSPS) is 11.0. The molecule has 0 aliphatic rings. The van der Waals surface area contributed by atoms with Crippen molar-refractivity contribution in [3.8, 4) is 0 Å². The number of carbonyl (C=O) groups excluding carboxylic acids is 1. The van der Waals surface area contributed by atoms with Crippen molar-refractivity contribution in [2.24, 2.45) is 0 Å². The number of halogens is 3. The summed E-state index contributed by atoms with van der Waals surface area (Å²) in [6, 6.07) is 3.62. The first-order chi connectivity index (χ1) is 9.49. The SMILES string of the molecule is Cc1ccsc1/C=C/C(=O)Nc1ccc(F)c(F)c1F. The van der Waals surface area contributed by atoms with Gasteiger partial charge in [0.15, 0.2) is 17.5 Å². The Kier molecular flexibility index (Phi) is 4.24. The van der Waals surface area contributed by atoms with Gasteiger partial charge < -0.3 is 5.32 Å². The number of amides is 1. The molecule has 2 aromatic rings. The Bertz CT molecular complexity index is 679. The highest BCUT2D eigenvalue weighted by Gasteiger charge is 2.14. The standard InChI is InChI=1S/C14H10F3NOS/c1-8-6-7-20-11(8)4-5-12(19)18-10-3-2-9(15)13(16)14(10)17/h2-7H,1H3,(H,18,19)/b5-4+. The second kappa shape index (κ2) is 5.92. The highest BCUT2D eigenvalue weighted by atomic mass is 32.1. The third-order valence-corrected chi connectivity index (χ3v) is 3.57. The lowest BCUT2D eigenvalue weighted by Gasteiger charge is -2.04. The van der Waals surface area contributed by atoms with Crippen LogP contribution in [0.3, 0.4) is 0 Å². The first-order valence-electron chi connectivity index (χ1n) is 5.65.